The van der Waals surface area contributed by atoms with Crippen LogP contribution in [0.5, 0.6) is 0 Å². The van der Waals surface area contributed by atoms with Crippen molar-refractivity contribution >= 4 is 39.9 Å². The smallest absolute Gasteiger partial charge is 0.356 e. The molecule has 5 nitrogen and oxygen atoms in total. The van der Waals surface area contributed by atoms with Crippen molar-refractivity contribution in [3.8, 4) is 0 Å². The maximum atomic E-state index is 13.3. The number of H-pyrrole nitrogens is 1. The molecule has 1 aromatic heterocycles. The number of ether oxygens (including phenoxy) is 1. The number of benzene rings is 2. The molecule has 0 spiro atoms. The molecule has 2 aromatic carbocycles. The van der Waals surface area contributed by atoms with E-state index in [1.807, 2.05) is 0 Å². The normalized spacial score (nSPS) is 10.8. The second kappa shape index (κ2) is 7.13. The van der Waals surface area contributed by atoms with E-state index in [1.54, 1.807) is 18.2 Å². The topological polar surface area (TPSA) is 71.2 Å². The van der Waals surface area contributed by atoms with E-state index in [0.717, 1.165) is 12.1 Å². The molecule has 3 aromatic rings. The SMILES string of the molecule is COC(=O)c1[nH]c2cc(Cl)ccc2c1NCC(=O)c1ccc(F)c(F)c1. The minimum Gasteiger partial charge on any atom is -0.464 e. The third-order valence-electron chi connectivity index (χ3n) is 3.82. The zero-order chi connectivity index (χ0) is 18.8. The Kier molecular flexibility index (Phi) is 4.90. The first-order chi connectivity index (χ1) is 12.4. The van der Waals surface area contributed by atoms with Crippen LogP contribution >= 0.6 is 11.6 Å². The van der Waals surface area contributed by atoms with Crippen LogP contribution in [0.2, 0.25) is 5.02 Å². The summed E-state index contributed by atoms with van der Waals surface area (Å²) in [6, 6.07) is 7.86. The Morgan fingerprint density at radius 3 is 2.62 bits per heavy atom. The van der Waals surface area contributed by atoms with E-state index in [9.17, 15) is 18.4 Å². The van der Waals surface area contributed by atoms with Crippen molar-refractivity contribution in [3.63, 3.8) is 0 Å². The molecule has 0 unspecified atom stereocenters. The highest BCUT2D eigenvalue weighted by atomic mass is 35.5. The molecule has 1 heterocycles. The van der Waals surface area contributed by atoms with Gasteiger partial charge in [-0.3, -0.25) is 4.79 Å². The first kappa shape index (κ1) is 17.9. The first-order valence-electron chi connectivity index (χ1n) is 7.52. The molecular formula is C18H13ClF2N2O3. The lowest BCUT2D eigenvalue weighted by Gasteiger charge is -2.07. The van der Waals surface area contributed by atoms with Crippen molar-refractivity contribution < 1.29 is 23.1 Å². The minimum absolute atomic E-state index is 0.0129. The van der Waals surface area contributed by atoms with Crippen LogP contribution in [-0.2, 0) is 4.74 Å². The number of hydrogen-bond acceptors (Lipinski definition) is 4. The molecule has 3 rings (SSSR count). The monoisotopic (exact) mass is 378 g/mol. The quantitative estimate of drug-likeness (QED) is 0.516. The van der Waals surface area contributed by atoms with Gasteiger partial charge in [0.25, 0.3) is 0 Å². The number of esters is 1. The van der Waals surface area contributed by atoms with Gasteiger partial charge in [0.1, 0.15) is 5.69 Å². The van der Waals surface area contributed by atoms with Crippen molar-refractivity contribution in [2.75, 3.05) is 19.0 Å². The highest BCUT2D eigenvalue weighted by molar-refractivity contribution is 6.31. The van der Waals surface area contributed by atoms with E-state index in [2.05, 4.69) is 10.3 Å². The number of Topliss-reactive ketones (excluding diaryl/α,β-unsaturated/α-hetero) is 1. The average molecular weight is 379 g/mol. The molecule has 26 heavy (non-hydrogen) atoms. The summed E-state index contributed by atoms with van der Waals surface area (Å²) in [7, 11) is 1.23. The van der Waals surface area contributed by atoms with E-state index in [-0.39, 0.29) is 17.8 Å². The third kappa shape index (κ3) is 3.39. The molecule has 0 aliphatic heterocycles. The Hall–Kier alpha value is -2.93. The number of nitrogens with one attached hydrogen (secondary N) is 2. The molecule has 0 bridgehead atoms. The third-order valence-corrected chi connectivity index (χ3v) is 4.05. The van der Waals surface area contributed by atoms with Gasteiger partial charge >= 0.3 is 5.97 Å². The van der Waals surface area contributed by atoms with Crippen molar-refractivity contribution in [2.24, 2.45) is 0 Å². The van der Waals surface area contributed by atoms with E-state index in [1.165, 1.54) is 13.2 Å². The van der Waals surface area contributed by atoms with Gasteiger partial charge in [0, 0.05) is 21.5 Å². The van der Waals surface area contributed by atoms with Gasteiger partial charge in [-0.05, 0) is 36.4 Å². The van der Waals surface area contributed by atoms with E-state index in [0.29, 0.717) is 21.6 Å². The summed E-state index contributed by atoms with van der Waals surface area (Å²) in [5.74, 6) is -3.23. The second-order valence-corrected chi connectivity index (χ2v) is 5.90. The Balaban J connectivity index is 1.91. The number of aromatic nitrogens is 1. The number of carbonyl (C=O) groups excluding carboxylic acids is 2. The van der Waals surface area contributed by atoms with Crippen LogP contribution in [0, 0.1) is 11.6 Å². The number of aromatic amines is 1. The number of fused-ring (bicyclic) bond motifs is 1. The Bertz CT molecular complexity index is 1020. The number of carbonyl (C=O) groups is 2. The molecule has 0 fully saturated rings. The Morgan fingerprint density at radius 2 is 1.92 bits per heavy atom. The van der Waals surface area contributed by atoms with Crippen LogP contribution in [0.15, 0.2) is 36.4 Å². The van der Waals surface area contributed by atoms with Gasteiger partial charge in [-0.15, -0.1) is 0 Å². The van der Waals surface area contributed by atoms with Crippen LogP contribution < -0.4 is 5.32 Å². The molecule has 0 atom stereocenters. The van der Waals surface area contributed by atoms with Crippen LogP contribution in [0.4, 0.5) is 14.5 Å². The molecule has 0 radical (unpaired) electrons. The van der Waals surface area contributed by atoms with Gasteiger partial charge < -0.3 is 15.0 Å². The standard InChI is InChI=1S/C18H13ClF2N2O3/c1-26-18(25)17-16(11-4-3-10(19)7-14(11)23-17)22-8-15(24)9-2-5-12(20)13(21)6-9/h2-7,22-23H,8H2,1H3. The first-order valence-corrected chi connectivity index (χ1v) is 7.90. The van der Waals surface area contributed by atoms with Gasteiger partial charge in [-0.2, -0.15) is 0 Å². The largest absolute Gasteiger partial charge is 0.464 e. The molecule has 0 saturated carbocycles. The highest BCUT2D eigenvalue weighted by Crippen LogP contribution is 2.30. The molecule has 0 amide bonds. The van der Waals surface area contributed by atoms with E-state index in [4.69, 9.17) is 16.3 Å². The molecule has 0 aliphatic carbocycles. The maximum absolute atomic E-state index is 13.3. The van der Waals surface area contributed by atoms with Crippen LogP contribution in [0.3, 0.4) is 0 Å². The lowest BCUT2D eigenvalue weighted by atomic mass is 10.1. The number of methoxy groups -OCH3 is 1. The van der Waals surface area contributed by atoms with Crippen molar-refractivity contribution in [3.05, 3.63) is 64.3 Å². The summed E-state index contributed by atoms with van der Waals surface area (Å²) < 4.78 is 31.0. The summed E-state index contributed by atoms with van der Waals surface area (Å²) in [6.07, 6.45) is 0. The summed E-state index contributed by atoms with van der Waals surface area (Å²) in [5, 5.41) is 3.97. The van der Waals surface area contributed by atoms with Crippen LogP contribution in [-0.4, -0.2) is 30.4 Å². The minimum atomic E-state index is -1.10. The fourth-order valence-corrected chi connectivity index (χ4v) is 2.72. The highest BCUT2D eigenvalue weighted by Gasteiger charge is 2.19. The van der Waals surface area contributed by atoms with Crippen LogP contribution in [0.1, 0.15) is 20.8 Å². The molecule has 0 saturated heterocycles. The average Bonchev–Trinajstić information content (AvgIpc) is 2.98. The van der Waals surface area contributed by atoms with Gasteiger partial charge in [0.15, 0.2) is 17.4 Å². The summed E-state index contributed by atoms with van der Waals surface area (Å²) in [6.45, 7) is -0.232. The molecule has 2 N–H and O–H groups in total. The van der Waals surface area contributed by atoms with Crippen molar-refractivity contribution in [2.45, 2.75) is 0 Å². The second-order valence-electron chi connectivity index (χ2n) is 5.46. The van der Waals surface area contributed by atoms with E-state index >= 15 is 0 Å². The lowest BCUT2D eigenvalue weighted by Crippen LogP contribution is -2.16. The molecular weight excluding hydrogens is 366 g/mol. The maximum Gasteiger partial charge on any atom is 0.356 e. The predicted octanol–water partition coefficient (Wildman–Crippen LogP) is 4.18. The van der Waals surface area contributed by atoms with E-state index < -0.39 is 23.4 Å². The Labute approximate surface area is 151 Å². The number of hydrogen-bond donors (Lipinski definition) is 2. The number of halogens is 3. The predicted molar refractivity (Wildman–Crippen MR) is 93.8 cm³/mol. The molecule has 0 aliphatic rings. The number of ketones is 1. The summed E-state index contributed by atoms with van der Waals surface area (Å²) in [4.78, 5) is 27.1. The van der Waals surface area contributed by atoms with Crippen molar-refractivity contribution in [1.29, 1.82) is 0 Å². The van der Waals surface area contributed by atoms with Gasteiger partial charge in [0.2, 0.25) is 0 Å². The Morgan fingerprint density at radius 1 is 1.15 bits per heavy atom. The number of anilines is 1. The fraction of sp³-hybridized carbons (Fsp3) is 0.111. The summed E-state index contributed by atoms with van der Waals surface area (Å²) in [5.41, 5.74) is 1.09. The zero-order valence-electron chi connectivity index (χ0n) is 13.5. The zero-order valence-corrected chi connectivity index (χ0v) is 14.3. The number of rotatable bonds is 5. The molecule has 8 heteroatoms. The van der Waals surface area contributed by atoms with Gasteiger partial charge in [-0.25, -0.2) is 13.6 Å². The summed E-state index contributed by atoms with van der Waals surface area (Å²) >= 11 is 5.95. The van der Waals surface area contributed by atoms with Gasteiger partial charge in [0.05, 0.1) is 19.3 Å². The fourth-order valence-electron chi connectivity index (χ4n) is 2.55. The van der Waals surface area contributed by atoms with Crippen molar-refractivity contribution in [1.82, 2.24) is 4.98 Å². The van der Waals surface area contributed by atoms with Gasteiger partial charge in [-0.1, -0.05) is 11.6 Å². The van der Waals surface area contributed by atoms with Crippen LogP contribution in [0.25, 0.3) is 10.9 Å². The molecule has 134 valence electrons. The lowest BCUT2D eigenvalue weighted by molar-refractivity contribution is 0.0596.